The van der Waals surface area contributed by atoms with Crippen LogP contribution in [0.2, 0.25) is 0 Å². The van der Waals surface area contributed by atoms with Crippen molar-refractivity contribution >= 4 is 51.1 Å². The third-order valence-corrected chi connectivity index (χ3v) is 8.51. The predicted molar refractivity (Wildman–Crippen MR) is 142 cm³/mol. The van der Waals surface area contributed by atoms with Gasteiger partial charge in [0.2, 0.25) is 11.8 Å². The largest absolute Gasteiger partial charge is 0.508 e. The number of phenols is 1. The molecule has 6 nitrogen and oxygen atoms in total. The number of aromatic hydroxyl groups is 1. The third kappa shape index (κ3) is 3.52. The summed E-state index contributed by atoms with van der Waals surface area (Å²) in [5.41, 5.74) is 3.65. The van der Waals surface area contributed by atoms with E-state index in [9.17, 15) is 24.3 Å². The number of rotatable bonds is 3. The first-order chi connectivity index (χ1) is 17.8. The molecule has 2 aromatic rings. The summed E-state index contributed by atoms with van der Waals surface area (Å²) in [5.74, 6) is -3.24. The van der Waals surface area contributed by atoms with Gasteiger partial charge in [-0.3, -0.25) is 24.1 Å². The molecule has 4 unspecified atom stereocenters. The van der Waals surface area contributed by atoms with Crippen LogP contribution in [0.25, 0.3) is 6.08 Å². The quantitative estimate of drug-likeness (QED) is 0.327. The second-order valence-corrected chi connectivity index (χ2v) is 10.7. The van der Waals surface area contributed by atoms with E-state index in [-0.39, 0.29) is 40.0 Å². The monoisotopic (exact) mass is 555 g/mol. The van der Waals surface area contributed by atoms with E-state index in [0.29, 0.717) is 28.8 Å². The first-order valence-electron chi connectivity index (χ1n) is 12.1. The van der Waals surface area contributed by atoms with Crippen molar-refractivity contribution in [2.45, 2.75) is 18.8 Å². The molecule has 1 fully saturated rings. The molecule has 2 amide bonds. The molecule has 1 saturated heterocycles. The lowest BCUT2D eigenvalue weighted by Gasteiger charge is -2.42. The van der Waals surface area contributed by atoms with Crippen molar-refractivity contribution in [3.63, 3.8) is 0 Å². The van der Waals surface area contributed by atoms with Crippen molar-refractivity contribution in [3.8, 4) is 5.75 Å². The molecule has 4 aliphatic rings. The molecule has 0 aromatic heterocycles. The summed E-state index contributed by atoms with van der Waals surface area (Å²) in [6, 6.07) is 13.7. The maximum atomic E-state index is 13.9. The molecule has 4 atom stereocenters. The topological polar surface area (TPSA) is 91.8 Å². The Kier molecular flexibility index (Phi) is 5.49. The van der Waals surface area contributed by atoms with Crippen LogP contribution in [-0.2, 0) is 19.2 Å². The molecular formula is C30H22BrNO5. The number of allylic oxidation sites excluding steroid dienone is 6. The number of benzene rings is 2. The minimum absolute atomic E-state index is 0.0450. The van der Waals surface area contributed by atoms with Gasteiger partial charge in [-0.05, 0) is 70.1 Å². The van der Waals surface area contributed by atoms with Crippen LogP contribution >= 0.6 is 15.9 Å². The Bertz CT molecular complexity index is 1510. The number of Topliss-reactive ketones (excluding diaryl/α,β-unsaturated/α-hetero) is 1. The Morgan fingerprint density at radius 3 is 2.46 bits per heavy atom. The summed E-state index contributed by atoms with van der Waals surface area (Å²) >= 11 is 3.23. The van der Waals surface area contributed by atoms with Crippen LogP contribution in [0, 0.1) is 17.8 Å². The molecule has 0 spiro atoms. The molecule has 37 heavy (non-hydrogen) atoms. The Labute approximate surface area is 221 Å². The zero-order valence-corrected chi connectivity index (χ0v) is 21.3. The fraction of sp³-hybridized carbons (Fsp3) is 0.200. The molecule has 3 aliphatic carbocycles. The lowest BCUT2D eigenvalue weighted by Crippen LogP contribution is -2.39. The second-order valence-electron chi connectivity index (χ2n) is 9.80. The van der Waals surface area contributed by atoms with Crippen LogP contribution in [-0.4, -0.2) is 28.5 Å². The third-order valence-electron chi connectivity index (χ3n) is 7.92. The van der Waals surface area contributed by atoms with Gasteiger partial charge >= 0.3 is 0 Å². The van der Waals surface area contributed by atoms with E-state index < -0.39 is 23.7 Å². The van der Waals surface area contributed by atoms with E-state index in [4.69, 9.17) is 0 Å². The second kappa shape index (κ2) is 8.63. The summed E-state index contributed by atoms with van der Waals surface area (Å²) in [6.07, 6.45) is 5.51. The molecule has 0 bridgehead atoms. The normalized spacial score (nSPS) is 26.9. The SMILES string of the molecule is C=Cc1ccc(N2C(=O)C3CC=C4C(c5cccc(O)c5)C5=C(CC4C3C2=O)C(=O)C(Br)=CC5=O)cc1. The summed E-state index contributed by atoms with van der Waals surface area (Å²) in [6.45, 7) is 3.75. The molecule has 0 radical (unpaired) electrons. The number of hydrogen-bond donors (Lipinski definition) is 1. The maximum Gasteiger partial charge on any atom is 0.238 e. The fourth-order valence-electron chi connectivity index (χ4n) is 6.30. The van der Waals surface area contributed by atoms with Crippen molar-refractivity contribution in [2.75, 3.05) is 4.90 Å². The number of anilines is 1. The molecule has 6 rings (SSSR count). The van der Waals surface area contributed by atoms with Gasteiger partial charge < -0.3 is 5.11 Å². The number of phenolic OH excluding ortho intramolecular Hbond substituents is 1. The van der Waals surface area contributed by atoms with Gasteiger partial charge in [-0.25, -0.2) is 0 Å². The van der Waals surface area contributed by atoms with Crippen molar-refractivity contribution in [3.05, 3.63) is 99.6 Å². The highest BCUT2D eigenvalue weighted by Gasteiger charge is 2.56. The van der Waals surface area contributed by atoms with Gasteiger partial charge in [0.15, 0.2) is 11.6 Å². The Balaban J connectivity index is 1.47. The maximum absolute atomic E-state index is 13.9. The van der Waals surface area contributed by atoms with Gasteiger partial charge in [0.25, 0.3) is 0 Å². The van der Waals surface area contributed by atoms with Crippen molar-refractivity contribution in [1.82, 2.24) is 0 Å². The van der Waals surface area contributed by atoms with Gasteiger partial charge in [0, 0.05) is 23.1 Å². The Morgan fingerprint density at radius 2 is 1.76 bits per heavy atom. The zero-order valence-electron chi connectivity index (χ0n) is 19.7. The number of amides is 2. The van der Waals surface area contributed by atoms with Gasteiger partial charge in [-0.1, -0.05) is 48.6 Å². The molecular weight excluding hydrogens is 534 g/mol. The molecule has 1 heterocycles. The number of carbonyl (C=O) groups is 4. The van der Waals surface area contributed by atoms with E-state index in [1.165, 1.54) is 11.0 Å². The number of carbonyl (C=O) groups excluding carboxylic acids is 4. The minimum atomic E-state index is -0.645. The van der Waals surface area contributed by atoms with Crippen molar-refractivity contribution in [1.29, 1.82) is 0 Å². The van der Waals surface area contributed by atoms with Gasteiger partial charge in [-0.2, -0.15) is 0 Å². The van der Waals surface area contributed by atoms with Crippen molar-refractivity contribution in [2.24, 2.45) is 17.8 Å². The lowest BCUT2D eigenvalue weighted by atomic mass is 9.59. The molecule has 1 aliphatic heterocycles. The smallest absolute Gasteiger partial charge is 0.238 e. The standard InChI is InChI=1S/C30H22BrNO5/c1-2-15-6-8-17(9-7-15)32-29(36)20-11-10-19-21(26(20)30(32)37)13-22-27(24(34)14-23(31)28(22)35)25(19)16-4-3-5-18(33)12-16/h2-10,12,14,20-21,25-26,33H,1,11,13H2. The Morgan fingerprint density at radius 1 is 1.00 bits per heavy atom. The van der Waals surface area contributed by atoms with Crippen LogP contribution in [0.1, 0.15) is 29.9 Å². The zero-order chi connectivity index (χ0) is 26.0. The van der Waals surface area contributed by atoms with Gasteiger partial charge in [-0.15, -0.1) is 0 Å². The van der Waals surface area contributed by atoms with E-state index in [1.54, 1.807) is 48.5 Å². The minimum Gasteiger partial charge on any atom is -0.508 e. The van der Waals surface area contributed by atoms with Gasteiger partial charge in [0.05, 0.1) is 22.0 Å². The average Bonchev–Trinajstić information content (AvgIpc) is 3.16. The molecule has 2 aromatic carbocycles. The number of fused-ring (bicyclic) bond motifs is 3. The predicted octanol–water partition coefficient (Wildman–Crippen LogP) is 5.00. The van der Waals surface area contributed by atoms with Crippen LogP contribution in [0.3, 0.4) is 0 Å². The van der Waals surface area contributed by atoms with Crippen molar-refractivity contribution < 1.29 is 24.3 Å². The summed E-state index contributed by atoms with van der Waals surface area (Å²) in [5, 5.41) is 10.2. The summed E-state index contributed by atoms with van der Waals surface area (Å²) < 4.78 is 0.184. The first kappa shape index (κ1) is 23.6. The summed E-state index contributed by atoms with van der Waals surface area (Å²) in [7, 11) is 0. The van der Waals surface area contributed by atoms with Crippen LogP contribution in [0.5, 0.6) is 5.75 Å². The van der Waals surface area contributed by atoms with Crippen LogP contribution < -0.4 is 4.90 Å². The highest BCUT2D eigenvalue weighted by atomic mass is 79.9. The molecule has 0 saturated carbocycles. The van der Waals surface area contributed by atoms with E-state index in [2.05, 4.69) is 22.5 Å². The highest BCUT2D eigenvalue weighted by molar-refractivity contribution is 9.12. The number of halogens is 1. The van der Waals surface area contributed by atoms with E-state index in [0.717, 1.165) is 11.1 Å². The Hall–Kier alpha value is -3.84. The molecule has 1 N–H and O–H groups in total. The van der Waals surface area contributed by atoms with E-state index >= 15 is 0 Å². The highest BCUT2D eigenvalue weighted by Crippen LogP contribution is 2.55. The molecule has 7 heteroatoms. The number of imide groups is 1. The number of hydrogen-bond acceptors (Lipinski definition) is 5. The average molecular weight is 556 g/mol. The van der Waals surface area contributed by atoms with Crippen LogP contribution in [0.4, 0.5) is 5.69 Å². The fourth-order valence-corrected chi connectivity index (χ4v) is 6.75. The first-order valence-corrected chi connectivity index (χ1v) is 12.9. The number of ketones is 2. The van der Waals surface area contributed by atoms with E-state index in [1.807, 2.05) is 12.1 Å². The number of nitrogens with zero attached hydrogens (tertiary/aromatic N) is 1. The summed E-state index contributed by atoms with van der Waals surface area (Å²) in [4.78, 5) is 55.1. The lowest BCUT2D eigenvalue weighted by molar-refractivity contribution is -0.123. The van der Waals surface area contributed by atoms with Crippen LogP contribution in [0.15, 0.2) is 88.5 Å². The molecule has 184 valence electrons. The van der Waals surface area contributed by atoms with Gasteiger partial charge in [0.1, 0.15) is 5.75 Å².